The fraction of sp³-hybridized carbons (Fsp3) is 1.00. The van der Waals surface area contributed by atoms with E-state index in [0.717, 1.165) is 19.0 Å². The summed E-state index contributed by atoms with van der Waals surface area (Å²) in [5.41, 5.74) is 6.06. The highest BCUT2D eigenvalue weighted by atomic mass is 15.0. The molecule has 66 valence electrons. The summed E-state index contributed by atoms with van der Waals surface area (Å²) in [7, 11) is 0. The largest absolute Gasteiger partial charge is 0.329 e. The molecule has 2 heteroatoms. The number of nitrogens with one attached hydrogen (secondary N) is 1. The van der Waals surface area contributed by atoms with Gasteiger partial charge in [-0.05, 0) is 25.3 Å². The van der Waals surface area contributed by atoms with Crippen LogP contribution in [0.15, 0.2) is 0 Å². The molecular formula is C9H20N2. The van der Waals surface area contributed by atoms with Crippen LogP contribution in [0.1, 0.15) is 33.1 Å². The Morgan fingerprint density at radius 1 is 1.64 bits per heavy atom. The zero-order chi connectivity index (χ0) is 8.32. The molecule has 1 saturated carbocycles. The van der Waals surface area contributed by atoms with Crippen LogP contribution in [-0.4, -0.2) is 18.6 Å². The molecule has 0 aromatic heterocycles. The van der Waals surface area contributed by atoms with Gasteiger partial charge in [0.05, 0.1) is 0 Å². The summed E-state index contributed by atoms with van der Waals surface area (Å²) in [6.45, 7) is 6.30. The van der Waals surface area contributed by atoms with Crippen LogP contribution < -0.4 is 11.1 Å². The van der Waals surface area contributed by atoms with E-state index in [4.69, 9.17) is 5.73 Å². The minimum absolute atomic E-state index is 0.273. The molecule has 0 heterocycles. The zero-order valence-corrected chi connectivity index (χ0v) is 7.69. The van der Waals surface area contributed by atoms with E-state index in [0.29, 0.717) is 0 Å². The molecule has 2 unspecified atom stereocenters. The highest BCUT2D eigenvalue weighted by Gasteiger charge is 2.37. The van der Waals surface area contributed by atoms with Crippen molar-refractivity contribution in [2.24, 2.45) is 11.7 Å². The normalized spacial score (nSPS) is 37.9. The maximum absolute atomic E-state index is 5.78. The molecule has 0 radical (unpaired) electrons. The highest BCUT2D eigenvalue weighted by molar-refractivity contribution is 4.97. The highest BCUT2D eigenvalue weighted by Crippen LogP contribution is 2.34. The van der Waals surface area contributed by atoms with Gasteiger partial charge in [0.1, 0.15) is 0 Å². The molecule has 2 atom stereocenters. The van der Waals surface area contributed by atoms with Gasteiger partial charge in [0.15, 0.2) is 0 Å². The summed E-state index contributed by atoms with van der Waals surface area (Å²) in [6, 6.07) is 0. The van der Waals surface area contributed by atoms with E-state index in [-0.39, 0.29) is 5.54 Å². The maximum atomic E-state index is 5.78. The Hall–Kier alpha value is -0.0800. The van der Waals surface area contributed by atoms with E-state index >= 15 is 0 Å². The third kappa shape index (κ3) is 1.57. The van der Waals surface area contributed by atoms with Crippen molar-refractivity contribution in [1.82, 2.24) is 5.32 Å². The monoisotopic (exact) mass is 156 g/mol. The Morgan fingerprint density at radius 3 is 2.73 bits per heavy atom. The lowest BCUT2D eigenvalue weighted by atomic mass is 9.88. The molecular weight excluding hydrogens is 136 g/mol. The Labute approximate surface area is 69.5 Å². The van der Waals surface area contributed by atoms with Crippen molar-refractivity contribution in [3.05, 3.63) is 0 Å². The SMILES string of the molecule is CCNC1(CN)CCCC1C. The average Bonchev–Trinajstić information content (AvgIpc) is 2.35. The van der Waals surface area contributed by atoms with Gasteiger partial charge >= 0.3 is 0 Å². The first kappa shape index (κ1) is 9.01. The topological polar surface area (TPSA) is 38.0 Å². The summed E-state index contributed by atoms with van der Waals surface area (Å²) in [4.78, 5) is 0. The molecule has 1 fully saturated rings. The Balaban J connectivity index is 2.57. The van der Waals surface area contributed by atoms with E-state index in [1.54, 1.807) is 0 Å². The molecule has 1 aliphatic rings. The minimum atomic E-state index is 0.273. The molecule has 0 saturated heterocycles. The lowest BCUT2D eigenvalue weighted by Crippen LogP contribution is -2.53. The quantitative estimate of drug-likeness (QED) is 0.642. The number of hydrogen-bond donors (Lipinski definition) is 2. The molecule has 0 aromatic carbocycles. The van der Waals surface area contributed by atoms with E-state index in [9.17, 15) is 0 Å². The van der Waals surface area contributed by atoms with Crippen LogP contribution >= 0.6 is 0 Å². The minimum Gasteiger partial charge on any atom is -0.329 e. The molecule has 2 nitrogen and oxygen atoms in total. The first-order valence-corrected chi connectivity index (χ1v) is 4.70. The Bertz CT molecular complexity index is 125. The summed E-state index contributed by atoms with van der Waals surface area (Å²) in [5, 5.41) is 3.53. The van der Waals surface area contributed by atoms with E-state index < -0.39 is 0 Å². The van der Waals surface area contributed by atoms with Crippen molar-refractivity contribution in [2.45, 2.75) is 38.6 Å². The first-order valence-electron chi connectivity index (χ1n) is 4.70. The van der Waals surface area contributed by atoms with Crippen LogP contribution in [0, 0.1) is 5.92 Å². The van der Waals surface area contributed by atoms with Gasteiger partial charge in [-0.3, -0.25) is 0 Å². The fourth-order valence-corrected chi connectivity index (χ4v) is 2.24. The Morgan fingerprint density at radius 2 is 2.36 bits per heavy atom. The molecule has 0 bridgehead atoms. The van der Waals surface area contributed by atoms with Crippen LogP contribution in [0.2, 0.25) is 0 Å². The number of hydrogen-bond acceptors (Lipinski definition) is 2. The van der Waals surface area contributed by atoms with Gasteiger partial charge in [-0.15, -0.1) is 0 Å². The predicted octanol–water partition coefficient (Wildman–Crippen LogP) is 1.11. The van der Waals surface area contributed by atoms with Crippen molar-refractivity contribution in [3.8, 4) is 0 Å². The standard InChI is InChI=1S/C9H20N2/c1-3-11-9(7-10)6-4-5-8(9)2/h8,11H,3-7,10H2,1-2H3. The molecule has 1 aliphatic carbocycles. The second-order valence-corrected chi connectivity index (χ2v) is 3.68. The molecule has 0 spiro atoms. The van der Waals surface area contributed by atoms with Gasteiger partial charge in [0.25, 0.3) is 0 Å². The van der Waals surface area contributed by atoms with Crippen molar-refractivity contribution >= 4 is 0 Å². The van der Waals surface area contributed by atoms with Crippen LogP contribution in [0.5, 0.6) is 0 Å². The second-order valence-electron chi connectivity index (χ2n) is 3.68. The predicted molar refractivity (Wildman–Crippen MR) is 48.5 cm³/mol. The van der Waals surface area contributed by atoms with Crippen molar-refractivity contribution in [1.29, 1.82) is 0 Å². The Kier molecular flexibility index (Phi) is 2.90. The molecule has 11 heavy (non-hydrogen) atoms. The van der Waals surface area contributed by atoms with Crippen LogP contribution in [0.3, 0.4) is 0 Å². The number of rotatable bonds is 3. The summed E-state index contributed by atoms with van der Waals surface area (Å²) >= 11 is 0. The molecule has 1 rings (SSSR count). The number of nitrogens with two attached hydrogens (primary N) is 1. The summed E-state index contributed by atoms with van der Waals surface area (Å²) in [6.07, 6.45) is 3.94. The van der Waals surface area contributed by atoms with E-state index in [1.165, 1.54) is 19.3 Å². The van der Waals surface area contributed by atoms with Gasteiger partial charge in [-0.1, -0.05) is 20.3 Å². The molecule has 0 aromatic rings. The van der Waals surface area contributed by atoms with Crippen molar-refractivity contribution in [3.63, 3.8) is 0 Å². The smallest absolute Gasteiger partial charge is 0.0329 e. The van der Waals surface area contributed by atoms with Crippen molar-refractivity contribution in [2.75, 3.05) is 13.1 Å². The maximum Gasteiger partial charge on any atom is 0.0329 e. The zero-order valence-electron chi connectivity index (χ0n) is 7.69. The van der Waals surface area contributed by atoms with Crippen molar-refractivity contribution < 1.29 is 0 Å². The van der Waals surface area contributed by atoms with E-state index in [2.05, 4.69) is 19.2 Å². The summed E-state index contributed by atoms with van der Waals surface area (Å²) < 4.78 is 0. The van der Waals surface area contributed by atoms with Gasteiger partial charge in [0, 0.05) is 12.1 Å². The lowest BCUT2D eigenvalue weighted by molar-refractivity contribution is 0.272. The van der Waals surface area contributed by atoms with E-state index in [1.807, 2.05) is 0 Å². The molecule has 0 aliphatic heterocycles. The number of likely N-dealkylation sites (N-methyl/N-ethyl adjacent to an activating group) is 1. The van der Waals surface area contributed by atoms with Crippen LogP contribution in [-0.2, 0) is 0 Å². The third-order valence-electron chi connectivity index (χ3n) is 3.10. The summed E-state index contributed by atoms with van der Waals surface area (Å²) in [5.74, 6) is 0.757. The van der Waals surface area contributed by atoms with Crippen LogP contribution in [0.4, 0.5) is 0 Å². The molecule has 3 N–H and O–H groups in total. The van der Waals surface area contributed by atoms with Gasteiger partial charge in [-0.25, -0.2) is 0 Å². The fourth-order valence-electron chi connectivity index (χ4n) is 2.24. The first-order chi connectivity index (χ1) is 5.25. The second kappa shape index (κ2) is 3.55. The average molecular weight is 156 g/mol. The third-order valence-corrected chi connectivity index (χ3v) is 3.10. The van der Waals surface area contributed by atoms with Gasteiger partial charge in [-0.2, -0.15) is 0 Å². The lowest BCUT2D eigenvalue weighted by Gasteiger charge is -2.33. The van der Waals surface area contributed by atoms with Gasteiger partial charge < -0.3 is 11.1 Å². The molecule has 0 amide bonds. The van der Waals surface area contributed by atoms with Crippen LogP contribution in [0.25, 0.3) is 0 Å². The van der Waals surface area contributed by atoms with Gasteiger partial charge in [0.2, 0.25) is 0 Å².